The molecule has 114 valence electrons. The SMILES string of the molecule is O=C(O)C(F)(F)F.O=C(O)C(F)(F)F.O=C1C=NC=N1. The minimum atomic E-state index is -5.08. The first-order valence-corrected chi connectivity index (χ1v) is 3.98. The normalized spacial score (nSPS) is 13.0. The molecule has 7 nitrogen and oxygen atoms in total. The molecule has 0 saturated heterocycles. The van der Waals surface area contributed by atoms with Crippen molar-refractivity contribution in [3.8, 4) is 0 Å². The van der Waals surface area contributed by atoms with Crippen LogP contribution in [0.25, 0.3) is 0 Å². The highest BCUT2D eigenvalue weighted by atomic mass is 19.4. The molecule has 0 aliphatic carbocycles. The number of aliphatic imine (C=N–C) groups is 2. The fourth-order valence-electron chi connectivity index (χ4n) is 0.221. The number of carboxylic acid groups (broad SMARTS) is 2. The van der Waals surface area contributed by atoms with Crippen LogP contribution >= 0.6 is 0 Å². The Morgan fingerprint density at radius 3 is 1.30 bits per heavy atom. The van der Waals surface area contributed by atoms with Gasteiger partial charge in [-0.3, -0.25) is 4.79 Å². The Morgan fingerprint density at radius 1 is 0.950 bits per heavy atom. The molecule has 0 aromatic rings. The van der Waals surface area contributed by atoms with Crippen LogP contribution in [0.5, 0.6) is 0 Å². The molecule has 13 heteroatoms. The molecule has 1 aliphatic heterocycles. The van der Waals surface area contributed by atoms with Gasteiger partial charge in [-0.25, -0.2) is 14.6 Å². The van der Waals surface area contributed by atoms with E-state index in [0.717, 1.165) is 0 Å². The Kier molecular flexibility index (Phi) is 7.80. The minimum Gasteiger partial charge on any atom is -0.475 e. The molecule has 0 radical (unpaired) electrons. The molecule has 0 spiro atoms. The van der Waals surface area contributed by atoms with E-state index in [2.05, 4.69) is 9.98 Å². The van der Waals surface area contributed by atoms with Crippen molar-refractivity contribution in [1.29, 1.82) is 0 Å². The van der Waals surface area contributed by atoms with Gasteiger partial charge < -0.3 is 10.2 Å². The molecule has 20 heavy (non-hydrogen) atoms. The maximum absolute atomic E-state index is 10.6. The molecule has 2 N–H and O–H groups in total. The third-order valence-electron chi connectivity index (χ3n) is 0.922. The van der Waals surface area contributed by atoms with Crippen molar-refractivity contribution in [2.45, 2.75) is 12.4 Å². The van der Waals surface area contributed by atoms with Crippen LogP contribution in [0, 0.1) is 0 Å². The molecule has 1 amide bonds. The Hall–Kier alpha value is -2.47. The second-order valence-corrected chi connectivity index (χ2v) is 2.47. The Bertz CT molecular complexity index is 386. The molecular weight excluding hydrogens is 306 g/mol. The molecule has 0 fully saturated rings. The lowest BCUT2D eigenvalue weighted by Gasteiger charge is -1.93. The quantitative estimate of drug-likeness (QED) is 0.645. The van der Waals surface area contributed by atoms with Gasteiger partial charge in [-0.2, -0.15) is 31.3 Å². The number of carboxylic acids is 2. The number of rotatable bonds is 0. The largest absolute Gasteiger partial charge is 0.490 e. The number of hydrogen-bond acceptors (Lipinski definition) is 4. The van der Waals surface area contributed by atoms with Crippen LogP contribution in [0.15, 0.2) is 9.98 Å². The second kappa shape index (κ2) is 7.85. The molecular formula is C7H4F6N2O5. The summed E-state index contributed by atoms with van der Waals surface area (Å²) in [4.78, 5) is 34.3. The lowest BCUT2D eigenvalue weighted by Crippen LogP contribution is -2.21. The third-order valence-corrected chi connectivity index (χ3v) is 0.922. The van der Waals surface area contributed by atoms with Gasteiger partial charge in [0, 0.05) is 0 Å². The molecule has 0 unspecified atom stereocenters. The summed E-state index contributed by atoms with van der Waals surface area (Å²) in [6.45, 7) is 0. The molecule has 0 aromatic carbocycles. The van der Waals surface area contributed by atoms with E-state index in [1.807, 2.05) is 0 Å². The zero-order valence-electron chi connectivity index (χ0n) is 8.94. The summed E-state index contributed by atoms with van der Waals surface area (Å²) in [5.41, 5.74) is 0. The topological polar surface area (TPSA) is 116 Å². The van der Waals surface area contributed by atoms with Crippen LogP contribution in [0.4, 0.5) is 26.3 Å². The van der Waals surface area contributed by atoms with Gasteiger partial charge in [-0.05, 0) is 0 Å². The van der Waals surface area contributed by atoms with Crippen LogP contribution in [-0.4, -0.2) is 53.0 Å². The first kappa shape index (κ1) is 19.9. The van der Waals surface area contributed by atoms with Gasteiger partial charge in [0.2, 0.25) is 0 Å². The summed E-state index contributed by atoms with van der Waals surface area (Å²) in [6.07, 6.45) is -7.78. The number of amides is 1. The highest BCUT2D eigenvalue weighted by Gasteiger charge is 2.38. The standard InChI is InChI=1S/C3H2N2O.2C2HF3O2/c6-3-1-4-2-5-3;2*3-2(4,5)1(6)7/h1-2H;2*(H,6,7). The number of nitrogens with zero attached hydrogens (tertiary/aromatic N) is 2. The van der Waals surface area contributed by atoms with Gasteiger partial charge in [0.15, 0.2) is 0 Å². The van der Waals surface area contributed by atoms with Gasteiger partial charge in [0.05, 0.1) is 6.21 Å². The summed E-state index contributed by atoms with van der Waals surface area (Å²) in [6, 6.07) is 0. The highest BCUT2D eigenvalue weighted by molar-refractivity contribution is 6.32. The van der Waals surface area contributed by atoms with Crippen molar-refractivity contribution < 1.29 is 50.9 Å². The van der Waals surface area contributed by atoms with Crippen molar-refractivity contribution in [3.63, 3.8) is 0 Å². The molecule has 0 saturated carbocycles. The molecule has 1 aliphatic rings. The third kappa shape index (κ3) is 12.0. The lowest BCUT2D eigenvalue weighted by atomic mass is 10.7. The highest BCUT2D eigenvalue weighted by Crippen LogP contribution is 2.13. The van der Waals surface area contributed by atoms with Crippen LogP contribution in [0.3, 0.4) is 0 Å². The number of halogens is 6. The Balaban J connectivity index is 0. The van der Waals surface area contributed by atoms with Crippen molar-refractivity contribution in [1.82, 2.24) is 0 Å². The summed E-state index contributed by atoms with van der Waals surface area (Å²) in [7, 11) is 0. The zero-order valence-corrected chi connectivity index (χ0v) is 8.94. The first-order valence-electron chi connectivity index (χ1n) is 3.98. The van der Waals surface area contributed by atoms with Crippen LogP contribution in [0.2, 0.25) is 0 Å². The molecule has 0 aromatic heterocycles. The van der Waals surface area contributed by atoms with Gasteiger partial charge in [-0.15, -0.1) is 0 Å². The van der Waals surface area contributed by atoms with Crippen LogP contribution < -0.4 is 0 Å². The van der Waals surface area contributed by atoms with Crippen molar-refractivity contribution >= 4 is 30.4 Å². The van der Waals surface area contributed by atoms with Crippen molar-refractivity contribution in [2.24, 2.45) is 9.98 Å². The summed E-state index contributed by atoms with van der Waals surface area (Å²) < 4.78 is 63.5. The molecule has 1 heterocycles. The predicted molar refractivity (Wildman–Crippen MR) is 49.4 cm³/mol. The first-order chi connectivity index (χ1) is 8.78. The number of hydrogen-bond donors (Lipinski definition) is 2. The second-order valence-electron chi connectivity index (χ2n) is 2.47. The number of carbonyl (C=O) groups excluding carboxylic acids is 1. The van der Waals surface area contributed by atoms with Crippen molar-refractivity contribution in [2.75, 3.05) is 0 Å². The van der Waals surface area contributed by atoms with E-state index in [1.165, 1.54) is 12.6 Å². The average molecular weight is 310 g/mol. The molecule has 0 atom stereocenters. The molecule has 0 bridgehead atoms. The smallest absolute Gasteiger partial charge is 0.475 e. The maximum Gasteiger partial charge on any atom is 0.490 e. The van der Waals surface area contributed by atoms with E-state index >= 15 is 0 Å². The average Bonchev–Trinajstić information content (AvgIpc) is 2.67. The zero-order chi connectivity index (χ0) is 16.6. The van der Waals surface area contributed by atoms with Gasteiger partial charge in [-0.1, -0.05) is 0 Å². The fourth-order valence-corrected chi connectivity index (χ4v) is 0.221. The predicted octanol–water partition coefficient (Wildman–Crippen LogP) is 0.892. The van der Waals surface area contributed by atoms with Gasteiger partial charge in [0.1, 0.15) is 6.34 Å². The van der Waals surface area contributed by atoms with Crippen LogP contribution in [-0.2, 0) is 14.4 Å². The summed E-state index contributed by atoms with van der Waals surface area (Å²) in [5, 5.41) is 14.2. The molecule has 1 rings (SSSR count). The van der Waals surface area contributed by atoms with E-state index in [9.17, 15) is 31.1 Å². The number of alkyl halides is 6. The van der Waals surface area contributed by atoms with E-state index in [0.29, 0.717) is 0 Å². The van der Waals surface area contributed by atoms with E-state index in [-0.39, 0.29) is 5.91 Å². The maximum atomic E-state index is 10.6. The van der Waals surface area contributed by atoms with E-state index in [1.54, 1.807) is 0 Å². The number of carbonyl (C=O) groups is 3. The van der Waals surface area contributed by atoms with Gasteiger partial charge >= 0.3 is 24.3 Å². The Labute approximate surface area is 105 Å². The Morgan fingerprint density at radius 2 is 1.25 bits per heavy atom. The fraction of sp³-hybridized carbons (Fsp3) is 0.286. The lowest BCUT2D eigenvalue weighted by molar-refractivity contribution is -0.193. The van der Waals surface area contributed by atoms with Crippen molar-refractivity contribution in [3.05, 3.63) is 0 Å². The van der Waals surface area contributed by atoms with E-state index in [4.69, 9.17) is 19.8 Å². The van der Waals surface area contributed by atoms with E-state index < -0.39 is 24.3 Å². The van der Waals surface area contributed by atoms with Crippen LogP contribution in [0.1, 0.15) is 0 Å². The summed E-state index contributed by atoms with van der Waals surface area (Å²) >= 11 is 0. The minimum absolute atomic E-state index is 0.269. The monoisotopic (exact) mass is 310 g/mol. The summed E-state index contributed by atoms with van der Waals surface area (Å²) in [5.74, 6) is -5.78. The van der Waals surface area contributed by atoms with Gasteiger partial charge in [0.25, 0.3) is 5.91 Å². The number of aliphatic carboxylic acids is 2.